The van der Waals surface area contributed by atoms with Crippen LogP contribution >= 0.6 is 23.4 Å². The predicted molar refractivity (Wildman–Crippen MR) is 85.8 cm³/mol. The largest absolute Gasteiger partial charge is 0.325 e. The van der Waals surface area contributed by atoms with Gasteiger partial charge in [0.05, 0.1) is 5.75 Å². The minimum Gasteiger partial charge on any atom is -0.325 e. The molecule has 110 valence electrons. The standard InChI is InChI=1S/C14H15ClN4OS/c1-3-6-19-9-16-18-14(19)21-8-13(20)17-12-7-11(15)5-4-10(12)2/h3-5,7,9H,1,6,8H2,2H3,(H,17,20). The van der Waals surface area contributed by atoms with Gasteiger partial charge in [-0.15, -0.1) is 16.8 Å². The highest BCUT2D eigenvalue weighted by atomic mass is 35.5. The Hall–Kier alpha value is -1.79. The summed E-state index contributed by atoms with van der Waals surface area (Å²) in [5, 5.41) is 11.9. The van der Waals surface area contributed by atoms with E-state index < -0.39 is 0 Å². The number of benzene rings is 1. The number of thioether (sulfide) groups is 1. The van der Waals surface area contributed by atoms with E-state index in [0.717, 1.165) is 11.3 Å². The SMILES string of the molecule is C=CCn1cnnc1SCC(=O)Nc1cc(Cl)ccc1C. The van der Waals surface area contributed by atoms with Gasteiger partial charge in [-0.25, -0.2) is 0 Å². The van der Waals surface area contributed by atoms with E-state index in [4.69, 9.17) is 11.6 Å². The Balaban J connectivity index is 1.94. The fourth-order valence-corrected chi connectivity index (χ4v) is 2.56. The van der Waals surface area contributed by atoms with Crippen molar-refractivity contribution in [3.63, 3.8) is 0 Å². The Kier molecular flexibility index (Phi) is 5.41. The van der Waals surface area contributed by atoms with Gasteiger partial charge in [-0.1, -0.05) is 35.5 Å². The Morgan fingerprint density at radius 2 is 2.38 bits per heavy atom. The van der Waals surface area contributed by atoms with Crippen LogP contribution in [0.3, 0.4) is 0 Å². The number of carbonyl (C=O) groups is 1. The van der Waals surface area contributed by atoms with Crippen LogP contribution < -0.4 is 5.32 Å². The maximum Gasteiger partial charge on any atom is 0.234 e. The van der Waals surface area contributed by atoms with Crippen molar-refractivity contribution in [2.45, 2.75) is 18.6 Å². The molecule has 1 aromatic heterocycles. The molecule has 2 aromatic rings. The smallest absolute Gasteiger partial charge is 0.234 e. The third-order valence-electron chi connectivity index (χ3n) is 2.71. The van der Waals surface area contributed by atoms with Crippen molar-refractivity contribution in [1.82, 2.24) is 14.8 Å². The molecule has 1 heterocycles. The molecule has 1 N–H and O–H groups in total. The summed E-state index contributed by atoms with van der Waals surface area (Å²) < 4.78 is 1.83. The molecule has 1 aromatic carbocycles. The van der Waals surface area contributed by atoms with Crippen molar-refractivity contribution < 1.29 is 4.79 Å². The average molecular weight is 323 g/mol. The highest BCUT2D eigenvalue weighted by Gasteiger charge is 2.09. The first-order valence-corrected chi connectivity index (χ1v) is 7.64. The second-order valence-corrected chi connectivity index (χ2v) is 5.73. The summed E-state index contributed by atoms with van der Waals surface area (Å²) in [4.78, 5) is 12.0. The van der Waals surface area contributed by atoms with Gasteiger partial charge in [0.2, 0.25) is 5.91 Å². The van der Waals surface area contributed by atoms with Crippen LogP contribution in [0.15, 0.2) is 42.3 Å². The fourth-order valence-electron chi connectivity index (χ4n) is 1.67. The number of aromatic nitrogens is 3. The lowest BCUT2D eigenvalue weighted by Crippen LogP contribution is -2.15. The molecular formula is C14H15ClN4OS. The van der Waals surface area contributed by atoms with Crippen molar-refractivity contribution in [2.75, 3.05) is 11.1 Å². The summed E-state index contributed by atoms with van der Waals surface area (Å²) in [5.74, 6) is 0.139. The molecule has 0 atom stereocenters. The van der Waals surface area contributed by atoms with Gasteiger partial charge in [0.15, 0.2) is 5.16 Å². The molecule has 0 radical (unpaired) electrons. The molecule has 0 saturated heterocycles. The minimum absolute atomic E-state index is 0.112. The number of hydrogen-bond donors (Lipinski definition) is 1. The van der Waals surface area contributed by atoms with Crippen molar-refractivity contribution in [1.29, 1.82) is 0 Å². The molecule has 1 amide bonds. The molecule has 0 bridgehead atoms. The first-order chi connectivity index (χ1) is 10.1. The van der Waals surface area contributed by atoms with Crippen LogP contribution in [0.5, 0.6) is 0 Å². The first kappa shape index (κ1) is 15.6. The van der Waals surface area contributed by atoms with Gasteiger partial charge in [0.1, 0.15) is 6.33 Å². The molecule has 5 nitrogen and oxygen atoms in total. The van der Waals surface area contributed by atoms with Gasteiger partial charge in [0, 0.05) is 17.3 Å². The van der Waals surface area contributed by atoms with E-state index in [9.17, 15) is 4.79 Å². The number of hydrogen-bond acceptors (Lipinski definition) is 4. The predicted octanol–water partition coefficient (Wildman–Crippen LogP) is 3.16. The number of nitrogens with zero attached hydrogens (tertiary/aromatic N) is 3. The number of carbonyl (C=O) groups excluding carboxylic acids is 1. The Labute approximate surface area is 132 Å². The van der Waals surface area contributed by atoms with Gasteiger partial charge in [0.25, 0.3) is 0 Å². The van der Waals surface area contributed by atoms with Crippen LogP contribution in [0.25, 0.3) is 0 Å². The molecule has 0 aliphatic heterocycles. The van der Waals surface area contributed by atoms with E-state index in [1.54, 1.807) is 24.5 Å². The van der Waals surface area contributed by atoms with E-state index in [2.05, 4.69) is 22.1 Å². The van der Waals surface area contributed by atoms with E-state index >= 15 is 0 Å². The van der Waals surface area contributed by atoms with Crippen molar-refractivity contribution in [3.8, 4) is 0 Å². The molecule has 2 rings (SSSR count). The quantitative estimate of drug-likeness (QED) is 0.655. The lowest BCUT2D eigenvalue weighted by molar-refractivity contribution is -0.113. The Bertz CT molecular complexity index is 656. The Morgan fingerprint density at radius 1 is 1.57 bits per heavy atom. The van der Waals surface area contributed by atoms with Crippen molar-refractivity contribution in [2.24, 2.45) is 0 Å². The minimum atomic E-state index is -0.112. The van der Waals surface area contributed by atoms with Gasteiger partial charge in [-0.05, 0) is 24.6 Å². The van der Waals surface area contributed by atoms with Gasteiger partial charge < -0.3 is 9.88 Å². The number of nitrogens with one attached hydrogen (secondary N) is 1. The van der Waals surface area contributed by atoms with Crippen LogP contribution in [0.4, 0.5) is 5.69 Å². The van der Waals surface area contributed by atoms with Crippen LogP contribution in [0.2, 0.25) is 5.02 Å². The first-order valence-electron chi connectivity index (χ1n) is 6.27. The third-order valence-corrected chi connectivity index (χ3v) is 3.93. The maximum absolute atomic E-state index is 12.0. The van der Waals surface area contributed by atoms with Gasteiger partial charge >= 0.3 is 0 Å². The molecule has 7 heteroatoms. The normalized spacial score (nSPS) is 10.4. The Morgan fingerprint density at radius 3 is 3.14 bits per heavy atom. The second-order valence-electron chi connectivity index (χ2n) is 4.35. The summed E-state index contributed by atoms with van der Waals surface area (Å²) in [7, 11) is 0. The van der Waals surface area contributed by atoms with E-state index in [0.29, 0.717) is 16.7 Å². The maximum atomic E-state index is 12.0. The lowest BCUT2D eigenvalue weighted by Gasteiger charge is -2.08. The van der Waals surface area contributed by atoms with Crippen molar-refractivity contribution in [3.05, 3.63) is 47.8 Å². The number of allylic oxidation sites excluding steroid dienone is 1. The van der Waals surface area contributed by atoms with Crippen LogP contribution in [0, 0.1) is 6.92 Å². The second kappa shape index (κ2) is 7.28. The number of rotatable bonds is 6. The van der Waals surface area contributed by atoms with Gasteiger partial charge in [-0.3, -0.25) is 4.79 Å². The lowest BCUT2D eigenvalue weighted by atomic mass is 10.2. The van der Waals surface area contributed by atoms with E-state index in [1.165, 1.54) is 11.8 Å². The van der Waals surface area contributed by atoms with E-state index in [-0.39, 0.29) is 11.7 Å². The molecule has 0 unspecified atom stereocenters. The van der Waals surface area contributed by atoms with Crippen LogP contribution in [-0.4, -0.2) is 26.4 Å². The third kappa shape index (κ3) is 4.34. The van der Waals surface area contributed by atoms with Crippen molar-refractivity contribution >= 4 is 35.0 Å². The zero-order valence-corrected chi connectivity index (χ0v) is 13.1. The summed E-state index contributed by atoms with van der Waals surface area (Å²) in [5.41, 5.74) is 1.69. The monoisotopic (exact) mass is 322 g/mol. The van der Waals surface area contributed by atoms with Crippen LogP contribution in [-0.2, 0) is 11.3 Å². The summed E-state index contributed by atoms with van der Waals surface area (Å²) in [6, 6.07) is 5.39. The fraction of sp³-hybridized carbons (Fsp3) is 0.214. The number of anilines is 1. The summed E-state index contributed by atoms with van der Waals surface area (Å²) >= 11 is 7.25. The van der Waals surface area contributed by atoms with Gasteiger partial charge in [-0.2, -0.15) is 0 Å². The summed E-state index contributed by atoms with van der Waals surface area (Å²) in [6.07, 6.45) is 3.37. The van der Waals surface area contributed by atoms with E-state index in [1.807, 2.05) is 17.6 Å². The van der Waals surface area contributed by atoms with Crippen LogP contribution in [0.1, 0.15) is 5.56 Å². The molecule has 0 aliphatic rings. The topological polar surface area (TPSA) is 59.8 Å². The highest BCUT2D eigenvalue weighted by Crippen LogP contribution is 2.21. The number of halogens is 1. The average Bonchev–Trinajstić information content (AvgIpc) is 2.88. The molecule has 0 spiro atoms. The molecule has 0 fully saturated rings. The highest BCUT2D eigenvalue weighted by molar-refractivity contribution is 7.99. The zero-order valence-electron chi connectivity index (χ0n) is 11.5. The molecule has 0 aliphatic carbocycles. The number of aryl methyl sites for hydroxylation is 1. The molecular weight excluding hydrogens is 308 g/mol. The summed E-state index contributed by atoms with van der Waals surface area (Å²) in [6.45, 7) is 6.20. The zero-order chi connectivity index (χ0) is 15.2. The molecule has 21 heavy (non-hydrogen) atoms. The number of amides is 1. The molecule has 0 saturated carbocycles.